The van der Waals surface area contributed by atoms with E-state index in [1.807, 2.05) is 4.57 Å². The SMILES string of the molecule is C=CCn1c(SCc2ccc(C(N)=O)cc2[N+](=O)[O-])nnc1C1CC1. The molecular formula is C16H17N5O3S. The number of amides is 1. The van der Waals surface area contributed by atoms with Crippen molar-refractivity contribution in [2.45, 2.75) is 36.2 Å². The number of nitro groups is 1. The van der Waals surface area contributed by atoms with Gasteiger partial charge in [-0.05, 0) is 18.9 Å². The summed E-state index contributed by atoms with van der Waals surface area (Å²) in [5.41, 5.74) is 5.68. The summed E-state index contributed by atoms with van der Waals surface area (Å²) in [6.07, 6.45) is 4.00. The number of hydrogen-bond acceptors (Lipinski definition) is 6. The first-order chi connectivity index (χ1) is 12.0. The highest BCUT2D eigenvalue weighted by molar-refractivity contribution is 7.98. The van der Waals surface area contributed by atoms with Crippen LogP contribution in [0.15, 0.2) is 36.0 Å². The normalized spacial score (nSPS) is 13.6. The number of nitrogens with zero attached hydrogens (tertiary/aromatic N) is 4. The fourth-order valence-corrected chi connectivity index (χ4v) is 3.45. The zero-order chi connectivity index (χ0) is 18.0. The second kappa shape index (κ2) is 7.06. The molecule has 25 heavy (non-hydrogen) atoms. The van der Waals surface area contributed by atoms with Gasteiger partial charge in [0.2, 0.25) is 5.91 Å². The Kier molecular flexibility index (Phi) is 4.84. The van der Waals surface area contributed by atoms with Gasteiger partial charge in [0.1, 0.15) is 5.82 Å². The van der Waals surface area contributed by atoms with Crippen LogP contribution in [0.4, 0.5) is 5.69 Å². The Bertz CT molecular complexity index is 844. The first-order valence-electron chi connectivity index (χ1n) is 7.75. The van der Waals surface area contributed by atoms with E-state index in [-0.39, 0.29) is 11.3 Å². The van der Waals surface area contributed by atoms with Crippen molar-refractivity contribution >= 4 is 23.4 Å². The van der Waals surface area contributed by atoms with Crippen molar-refractivity contribution in [2.75, 3.05) is 0 Å². The van der Waals surface area contributed by atoms with Crippen LogP contribution in [-0.2, 0) is 12.3 Å². The highest BCUT2D eigenvalue weighted by atomic mass is 32.2. The van der Waals surface area contributed by atoms with Crippen molar-refractivity contribution in [1.82, 2.24) is 14.8 Å². The van der Waals surface area contributed by atoms with Gasteiger partial charge in [-0.15, -0.1) is 16.8 Å². The highest BCUT2D eigenvalue weighted by Gasteiger charge is 2.30. The second-order valence-corrected chi connectivity index (χ2v) is 6.71. The van der Waals surface area contributed by atoms with Crippen LogP contribution < -0.4 is 5.73 Å². The maximum atomic E-state index is 11.3. The quantitative estimate of drug-likeness (QED) is 0.335. The molecule has 1 fully saturated rings. The van der Waals surface area contributed by atoms with E-state index in [1.54, 1.807) is 12.1 Å². The molecule has 1 heterocycles. The molecule has 0 saturated heterocycles. The molecule has 1 saturated carbocycles. The summed E-state index contributed by atoms with van der Waals surface area (Å²) in [5.74, 6) is 1.05. The van der Waals surface area contributed by atoms with E-state index in [0.29, 0.717) is 28.9 Å². The minimum Gasteiger partial charge on any atom is -0.366 e. The number of rotatable bonds is 8. The van der Waals surface area contributed by atoms with Crippen molar-refractivity contribution in [3.63, 3.8) is 0 Å². The Balaban J connectivity index is 1.83. The van der Waals surface area contributed by atoms with Crippen LogP contribution >= 0.6 is 11.8 Å². The molecule has 0 spiro atoms. The van der Waals surface area contributed by atoms with E-state index in [1.165, 1.54) is 23.9 Å². The number of nitro benzene ring substituents is 1. The van der Waals surface area contributed by atoms with Gasteiger partial charge in [-0.2, -0.15) is 0 Å². The number of benzene rings is 1. The second-order valence-electron chi connectivity index (χ2n) is 5.77. The van der Waals surface area contributed by atoms with Gasteiger partial charge in [-0.3, -0.25) is 14.9 Å². The number of carbonyl (C=O) groups excluding carboxylic acids is 1. The maximum Gasteiger partial charge on any atom is 0.274 e. The molecule has 1 amide bonds. The number of hydrogen-bond donors (Lipinski definition) is 1. The standard InChI is InChI=1S/C16H17N5O3S/c1-2-7-20-15(10-3-4-10)18-19-16(20)25-9-12-6-5-11(14(17)22)8-13(12)21(23)24/h2,5-6,8,10H,1,3-4,7,9H2,(H2,17,22). The van der Waals surface area contributed by atoms with Crippen LogP contribution in [0.1, 0.15) is 40.5 Å². The summed E-state index contributed by atoms with van der Waals surface area (Å²) in [7, 11) is 0. The van der Waals surface area contributed by atoms with Crippen molar-refractivity contribution in [1.29, 1.82) is 0 Å². The van der Waals surface area contributed by atoms with Crippen molar-refractivity contribution in [2.24, 2.45) is 5.73 Å². The first kappa shape index (κ1) is 17.2. The summed E-state index contributed by atoms with van der Waals surface area (Å²) in [5, 5.41) is 20.4. The highest BCUT2D eigenvalue weighted by Crippen LogP contribution is 2.40. The lowest BCUT2D eigenvalue weighted by Gasteiger charge is -2.07. The number of carbonyl (C=O) groups is 1. The largest absolute Gasteiger partial charge is 0.366 e. The zero-order valence-electron chi connectivity index (χ0n) is 13.4. The number of primary amides is 1. The molecule has 3 rings (SSSR count). The third-order valence-corrected chi connectivity index (χ3v) is 4.94. The molecule has 0 unspecified atom stereocenters. The molecule has 0 aliphatic heterocycles. The molecule has 1 aromatic heterocycles. The molecule has 1 aliphatic carbocycles. The van der Waals surface area contributed by atoms with Gasteiger partial charge >= 0.3 is 0 Å². The van der Waals surface area contributed by atoms with Crippen LogP contribution in [0.2, 0.25) is 0 Å². The van der Waals surface area contributed by atoms with Gasteiger partial charge in [0, 0.05) is 35.4 Å². The Labute approximate surface area is 148 Å². The smallest absolute Gasteiger partial charge is 0.274 e. The fraction of sp³-hybridized carbons (Fsp3) is 0.312. The Morgan fingerprint density at radius 3 is 2.84 bits per heavy atom. The van der Waals surface area contributed by atoms with Crippen LogP contribution in [0.3, 0.4) is 0 Å². The van der Waals surface area contributed by atoms with Crippen molar-refractivity contribution < 1.29 is 9.72 Å². The lowest BCUT2D eigenvalue weighted by atomic mass is 10.1. The number of aromatic nitrogens is 3. The van der Waals surface area contributed by atoms with Gasteiger partial charge < -0.3 is 10.3 Å². The van der Waals surface area contributed by atoms with Gasteiger partial charge in [0.15, 0.2) is 5.16 Å². The topological polar surface area (TPSA) is 117 Å². The summed E-state index contributed by atoms with van der Waals surface area (Å²) < 4.78 is 2.00. The van der Waals surface area contributed by atoms with Crippen molar-refractivity contribution in [3.8, 4) is 0 Å². The van der Waals surface area contributed by atoms with E-state index in [4.69, 9.17) is 5.73 Å². The Morgan fingerprint density at radius 1 is 1.48 bits per heavy atom. The lowest BCUT2D eigenvalue weighted by Crippen LogP contribution is -2.11. The van der Waals surface area contributed by atoms with Gasteiger partial charge in [-0.1, -0.05) is 23.9 Å². The molecule has 0 atom stereocenters. The average molecular weight is 359 g/mol. The zero-order valence-corrected chi connectivity index (χ0v) is 14.2. The first-order valence-corrected chi connectivity index (χ1v) is 8.73. The molecule has 0 bridgehead atoms. The predicted octanol–water partition coefficient (Wildman–Crippen LogP) is 2.64. The monoisotopic (exact) mass is 359 g/mol. The van der Waals surface area contributed by atoms with E-state index in [2.05, 4.69) is 16.8 Å². The molecule has 1 aromatic carbocycles. The van der Waals surface area contributed by atoms with Crippen LogP contribution in [-0.4, -0.2) is 25.6 Å². The molecule has 2 N–H and O–H groups in total. The summed E-state index contributed by atoms with van der Waals surface area (Å²) in [6.45, 7) is 4.36. The van der Waals surface area contributed by atoms with Crippen LogP contribution in [0.25, 0.3) is 0 Å². The summed E-state index contributed by atoms with van der Waals surface area (Å²) in [6, 6.07) is 4.26. The fourth-order valence-electron chi connectivity index (χ4n) is 2.50. The average Bonchev–Trinajstić information content (AvgIpc) is 3.35. The molecule has 8 nitrogen and oxygen atoms in total. The molecule has 9 heteroatoms. The number of allylic oxidation sites excluding steroid dienone is 1. The predicted molar refractivity (Wildman–Crippen MR) is 93.4 cm³/mol. The van der Waals surface area contributed by atoms with Crippen LogP contribution in [0, 0.1) is 10.1 Å². The minimum absolute atomic E-state index is 0.117. The summed E-state index contributed by atoms with van der Waals surface area (Å²) >= 11 is 1.37. The number of thioether (sulfide) groups is 1. The van der Waals surface area contributed by atoms with Gasteiger partial charge in [-0.25, -0.2) is 0 Å². The third kappa shape index (κ3) is 3.71. The molecular weight excluding hydrogens is 342 g/mol. The minimum atomic E-state index is -0.692. The number of nitrogens with two attached hydrogens (primary N) is 1. The van der Waals surface area contributed by atoms with E-state index >= 15 is 0 Å². The summed E-state index contributed by atoms with van der Waals surface area (Å²) in [4.78, 5) is 22.0. The molecule has 2 aromatic rings. The van der Waals surface area contributed by atoms with E-state index in [9.17, 15) is 14.9 Å². The van der Waals surface area contributed by atoms with Gasteiger partial charge in [0.25, 0.3) is 5.69 Å². The lowest BCUT2D eigenvalue weighted by molar-refractivity contribution is -0.385. The van der Waals surface area contributed by atoms with Gasteiger partial charge in [0.05, 0.1) is 4.92 Å². The molecule has 0 radical (unpaired) electrons. The molecule has 130 valence electrons. The van der Waals surface area contributed by atoms with E-state index < -0.39 is 10.8 Å². The van der Waals surface area contributed by atoms with E-state index in [0.717, 1.165) is 18.7 Å². The van der Waals surface area contributed by atoms with Crippen LogP contribution in [0.5, 0.6) is 0 Å². The Hall–Kier alpha value is -2.68. The molecule has 1 aliphatic rings. The Morgan fingerprint density at radius 2 is 2.24 bits per heavy atom. The third-order valence-electron chi connectivity index (χ3n) is 3.92. The van der Waals surface area contributed by atoms with Crippen molar-refractivity contribution in [3.05, 3.63) is 57.9 Å². The maximum absolute atomic E-state index is 11.3.